The molecule has 0 saturated heterocycles. The molecule has 132 valence electrons. The molecule has 26 heavy (non-hydrogen) atoms. The molecule has 1 aliphatic heterocycles. The molecule has 0 fully saturated rings. The van der Waals surface area contributed by atoms with Crippen LogP contribution in [0.25, 0.3) is 0 Å². The first-order chi connectivity index (χ1) is 12.6. The number of H-pyrrole nitrogens is 1. The van der Waals surface area contributed by atoms with Crippen LogP contribution < -0.4 is 20.9 Å². The SMILES string of the molecule is COc1cc2c(cc1OC)C(c1ccc(N)cc1)=Nn1c(n[nH]c1=O)C2. The maximum atomic E-state index is 12.1. The summed E-state index contributed by atoms with van der Waals surface area (Å²) in [6.07, 6.45) is 0.427. The van der Waals surface area contributed by atoms with Gasteiger partial charge in [-0.05, 0) is 29.8 Å². The lowest BCUT2D eigenvalue weighted by Gasteiger charge is -2.14. The standard InChI is InChI=1S/C18H17N5O3/c1-25-14-7-11-8-16-20-21-18(24)23(16)22-17(13(11)9-15(14)26-2)10-3-5-12(19)6-4-10/h3-7,9H,8,19H2,1-2H3,(H,21,24). The van der Waals surface area contributed by atoms with Crippen molar-refractivity contribution >= 4 is 11.4 Å². The van der Waals surface area contributed by atoms with Gasteiger partial charge in [0, 0.05) is 23.2 Å². The second kappa shape index (κ2) is 6.07. The maximum Gasteiger partial charge on any atom is 0.364 e. The highest BCUT2D eigenvalue weighted by molar-refractivity contribution is 6.14. The zero-order valence-corrected chi connectivity index (χ0v) is 14.3. The van der Waals surface area contributed by atoms with Crippen molar-refractivity contribution in [3.8, 4) is 11.5 Å². The van der Waals surface area contributed by atoms with E-state index in [1.165, 1.54) is 4.68 Å². The van der Waals surface area contributed by atoms with E-state index in [-0.39, 0.29) is 5.69 Å². The Balaban J connectivity index is 2.01. The van der Waals surface area contributed by atoms with E-state index in [4.69, 9.17) is 15.2 Å². The predicted molar refractivity (Wildman–Crippen MR) is 97.1 cm³/mol. The van der Waals surface area contributed by atoms with E-state index in [2.05, 4.69) is 15.3 Å². The summed E-state index contributed by atoms with van der Waals surface area (Å²) in [6, 6.07) is 11.1. The summed E-state index contributed by atoms with van der Waals surface area (Å²) in [4.78, 5) is 12.1. The van der Waals surface area contributed by atoms with Gasteiger partial charge in [0.1, 0.15) is 0 Å². The molecule has 1 aromatic heterocycles. The first kappa shape index (κ1) is 15.9. The van der Waals surface area contributed by atoms with Crippen molar-refractivity contribution in [3.63, 3.8) is 0 Å². The molecular weight excluding hydrogens is 334 g/mol. The van der Waals surface area contributed by atoms with E-state index in [1.807, 2.05) is 24.3 Å². The number of nitrogen functional groups attached to an aromatic ring is 1. The van der Waals surface area contributed by atoms with Gasteiger partial charge in [-0.25, -0.2) is 9.89 Å². The van der Waals surface area contributed by atoms with Crippen LogP contribution in [0.4, 0.5) is 5.69 Å². The smallest absolute Gasteiger partial charge is 0.364 e. The number of nitrogens with zero attached hydrogens (tertiary/aromatic N) is 3. The largest absolute Gasteiger partial charge is 0.493 e. The van der Waals surface area contributed by atoms with Crippen LogP contribution in [0.2, 0.25) is 0 Å². The van der Waals surface area contributed by atoms with Gasteiger partial charge in [-0.2, -0.15) is 14.9 Å². The van der Waals surface area contributed by atoms with Gasteiger partial charge in [-0.15, -0.1) is 0 Å². The molecule has 2 heterocycles. The van der Waals surface area contributed by atoms with Gasteiger partial charge in [0.05, 0.1) is 19.9 Å². The van der Waals surface area contributed by atoms with Crippen LogP contribution in [0.3, 0.4) is 0 Å². The van der Waals surface area contributed by atoms with Crippen LogP contribution in [0, 0.1) is 0 Å². The Morgan fingerprint density at radius 1 is 1.12 bits per heavy atom. The maximum absolute atomic E-state index is 12.1. The fraction of sp³-hybridized carbons (Fsp3) is 0.167. The van der Waals surface area contributed by atoms with Crippen molar-refractivity contribution in [2.24, 2.45) is 5.10 Å². The fourth-order valence-electron chi connectivity index (χ4n) is 3.01. The Hall–Kier alpha value is -3.55. The molecule has 8 nitrogen and oxygen atoms in total. The van der Waals surface area contributed by atoms with Gasteiger partial charge in [0.15, 0.2) is 17.3 Å². The average Bonchev–Trinajstić information content (AvgIpc) is 2.91. The van der Waals surface area contributed by atoms with Crippen LogP contribution in [0.15, 0.2) is 46.3 Å². The minimum Gasteiger partial charge on any atom is -0.493 e. The van der Waals surface area contributed by atoms with Crippen LogP contribution in [0.1, 0.15) is 22.5 Å². The Labute approximate surface area is 148 Å². The molecule has 2 aromatic carbocycles. The van der Waals surface area contributed by atoms with E-state index >= 15 is 0 Å². The average molecular weight is 351 g/mol. The number of hydrogen-bond donors (Lipinski definition) is 2. The molecule has 0 saturated carbocycles. The number of nitrogens with one attached hydrogen (secondary N) is 1. The number of aromatic amines is 1. The van der Waals surface area contributed by atoms with Gasteiger partial charge < -0.3 is 15.2 Å². The molecule has 0 bridgehead atoms. The molecule has 8 heteroatoms. The number of benzene rings is 2. The Bertz CT molecular complexity index is 1060. The highest BCUT2D eigenvalue weighted by Crippen LogP contribution is 2.34. The first-order valence-electron chi connectivity index (χ1n) is 7.97. The second-order valence-corrected chi connectivity index (χ2v) is 5.87. The lowest BCUT2D eigenvalue weighted by Crippen LogP contribution is -2.16. The fourth-order valence-corrected chi connectivity index (χ4v) is 3.01. The van der Waals surface area contributed by atoms with Gasteiger partial charge in [0.25, 0.3) is 0 Å². The van der Waals surface area contributed by atoms with Crippen molar-refractivity contribution in [2.75, 3.05) is 20.0 Å². The third-order valence-electron chi connectivity index (χ3n) is 4.31. The van der Waals surface area contributed by atoms with Gasteiger partial charge in [0.2, 0.25) is 0 Å². The number of ether oxygens (including phenoxy) is 2. The quantitative estimate of drug-likeness (QED) is 0.542. The molecule has 0 atom stereocenters. The molecule has 1 aliphatic rings. The number of methoxy groups -OCH3 is 2. The number of rotatable bonds is 3. The summed E-state index contributed by atoms with van der Waals surface area (Å²) in [7, 11) is 3.16. The van der Waals surface area contributed by atoms with Crippen molar-refractivity contribution in [3.05, 3.63) is 69.4 Å². The molecule has 0 radical (unpaired) electrons. The first-order valence-corrected chi connectivity index (χ1v) is 7.97. The number of aromatic nitrogens is 3. The van der Waals surface area contributed by atoms with E-state index in [0.29, 0.717) is 35.1 Å². The van der Waals surface area contributed by atoms with Crippen LogP contribution in [-0.4, -0.2) is 34.8 Å². The number of fused-ring (bicyclic) bond motifs is 2. The Kier molecular flexibility index (Phi) is 3.72. The summed E-state index contributed by atoms with van der Waals surface area (Å²) >= 11 is 0. The van der Waals surface area contributed by atoms with Crippen molar-refractivity contribution in [1.82, 2.24) is 14.9 Å². The molecule has 3 aromatic rings. The zero-order valence-electron chi connectivity index (χ0n) is 14.3. The molecular formula is C18H17N5O3. The highest BCUT2D eigenvalue weighted by Gasteiger charge is 2.23. The van der Waals surface area contributed by atoms with Gasteiger partial charge in [-0.1, -0.05) is 12.1 Å². The van der Waals surface area contributed by atoms with Crippen molar-refractivity contribution in [2.45, 2.75) is 6.42 Å². The number of anilines is 1. The normalized spacial score (nSPS) is 12.6. The monoisotopic (exact) mass is 351 g/mol. The predicted octanol–water partition coefficient (Wildman–Crippen LogP) is 1.38. The van der Waals surface area contributed by atoms with Crippen LogP contribution >= 0.6 is 0 Å². The van der Waals surface area contributed by atoms with Gasteiger partial charge >= 0.3 is 5.69 Å². The minimum absolute atomic E-state index is 0.389. The summed E-state index contributed by atoms with van der Waals surface area (Å²) in [5.41, 5.74) is 9.29. The lowest BCUT2D eigenvalue weighted by atomic mass is 9.95. The summed E-state index contributed by atoms with van der Waals surface area (Å²) in [6.45, 7) is 0. The number of nitrogens with two attached hydrogens (primary N) is 1. The van der Waals surface area contributed by atoms with Crippen LogP contribution in [0.5, 0.6) is 11.5 Å². The molecule has 0 amide bonds. The van der Waals surface area contributed by atoms with E-state index in [9.17, 15) is 4.79 Å². The topological polar surface area (TPSA) is 108 Å². The third-order valence-corrected chi connectivity index (χ3v) is 4.31. The molecule has 0 aliphatic carbocycles. The van der Waals surface area contributed by atoms with Gasteiger partial charge in [-0.3, -0.25) is 0 Å². The van der Waals surface area contributed by atoms with E-state index in [0.717, 1.165) is 16.7 Å². The minimum atomic E-state index is -0.389. The van der Waals surface area contributed by atoms with Crippen molar-refractivity contribution in [1.29, 1.82) is 0 Å². The molecule has 0 unspecified atom stereocenters. The van der Waals surface area contributed by atoms with E-state index < -0.39 is 0 Å². The third kappa shape index (κ3) is 2.52. The van der Waals surface area contributed by atoms with Crippen LogP contribution in [-0.2, 0) is 6.42 Å². The van der Waals surface area contributed by atoms with E-state index in [1.54, 1.807) is 26.4 Å². The summed E-state index contributed by atoms with van der Waals surface area (Å²) in [5.74, 6) is 1.71. The molecule has 4 rings (SSSR count). The molecule has 3 N–H and O–H groups in total. The summed E-state index contributed by atoms with van der Waals surface area (Å²) < 4.78 is 12.1. The summed E-state index contributed by atoms with van der Waals surface area (Å²) in [5, 5.41) is 11.1. The Morgan fingerprint density at radius 3 is 2.50 bits per heavy atom. The Morgan fingerprint density at radius 2 is 1.81 bits per heavy atom. The molecule has 0 spiro atoms. The number of hydrogen-bond acceptors (Lipinski definition) is 6. The van der Waals surface area contributed by atoms with Crippen molar-refractivity contribution < 1.29 is 9.47 Å². The second-order valence-electron chi connectivity index (χ2n) is 5.87. The lowest BCUT2D eigenvalue weighted by molar-refractivity contribution is 0.354. The zero-order chi connectivity index (χ0) is 18.3. The highest BCUT2D eigenvalue weighted by atomic mass is 16.5.